The Morgan fingerprint density at radius 3 is 2.23 bits per heavy atom. The van der Waals surface area contributed by atoms with Crippen LogP contribution in [0.15, 0.2) is 0 Å². The number of hydrogen-bond acceptors (Lipinski definition) is 1. The van der Waals surface area contributed by atoms with Crippen LogP contribution in [-0.2, 0) is 0 Å². The lowest BCUT2D eigenvalue weighted by Crippen LogP contribution is -2.04. The Kier molecular flexibility index (Phi) is 10.0. The molecule has 0 aliphatic heterocycles. The van der Waals surface area contributed by atoms with E-state index in [1.54, 1.807) is 0 Å². The third-order valence-corrected chi connectivity index (χ3v) is 2.43. The van der Waals surface area contributed by atoms with Crippen molar-refractivity contribution in [1.82, 2.24) is 0 Å². The minimum Gasteiger partial charge on any atom is -0.393 e. The Balaban J connectivity index is 2.97. The molecule has 0 saturated heterocycles. The van der Waals surface area contributed by atoms with E-state index in [1.165, 1.54) is 38.5 Å². The second-order valence-electron chi connectivity index (χ2n) is 3.85. The van der Waals surface area contributed by atoms with Crippen LogP contribution in [0.4, 0.5) is 0 Å². The zero-order chi connectivity index (χ0) is 9.94. The Hall–Kier alpha value is -0.0400. The van der Waals surface area contributed by atoms with Crippen molar-refractivity contribution in [2.45, 2.75) is 70.8 Å². The van der Waals surface area contributed by atoms with Crippen LogP contribution in [0.3, 0.4) is 0 Å². The van der Waals surface area contributed by atoms with Gasteiger partial charge in [0, 0.05) is 0 Å². The smallest absolute Gasteiger partial charge is 0.0515 e. The molecule has 1 nitrogen and oxygen atoms in total. The Labute approximate surface area is 83.5 Å². The van der Waals surface area contributed by atoms with E-state index < -0.39 is 0 Å². The normalized spacial score (nSPS) is 13.2. The topological polar surface area (TPSA) is 20.2 Å². The van der Waals surface area contributed by atoms with E-state index in [1.807, 2.05) is 0 Å². The first-order valence-corrected chi connectivity index (χ1v) is 5.78. The Bertz CT molecular complexity index is 91.1. The molecule has 0 spiro atoms. The van der Waals surface area contributed by atoms with Gasteiger partial charge in [0.1, 0.15) is 0 Å². The van der Waals surface area contributed by atoms with Crippen molar-refractivity contribution >= 4 is 0 Å². The second kappa shape index (κ2) is 10.0. The van der Waals surface area contributed by atoms with Crippen molar-refractivity contribution in [3.63, 3.8) is 0 Å². The molecule has 0 aliphatic carbocycles. The molecule has 0 rings (SSSR count). The lowest BCUT2D eigenvalue weighted by atomic mass is 10.0. The van der Waals surface area contributed by atoms with E-state index in [0.717, 1.165) is 19.3 Å². The monoisotopic (exact) mass is 185 g/mol. The molecule has 0 amide bonds. The maximum absolute atomic E-state index is 9.41. The first-order chi connectivity index (χ1) is 6.31. The summed E-state index contributed by atoms with van der Waals surface area (Å²) in [5, 5.41) is 9.41. The highest BCUT2D eigenvalue weighted by Gasteiger charge is 1.99. The van der Waals surface area contributed by atoms with Crippen molar-refractivity contribution in [3.8, 4) is 0 Å². The molecule has 0 aromatic carbocycles. The predicted octanol–water partition coefficient (Wildman–Crippen LogP) is 3.71. The predicted molar refractivity (Wildman–Crippen MR) is 58.6 cm³/mol. The highest BCUT2D eigenvalue weighted by atomic mass is 16.3. The molecule has 1 N–H and O–H groups in total. The third kappa shape index (κ3) is 9.88. The van der Waals surface area contributed by atoms with E-state index in [0.29, 0.717) is 0 Å². The molecule has 0 fully saturated rings. The number of hydrogen-bond donors (Lipinski definition) is 1. The molecule has 0 heterocycles. The van der Waals surface area contributed by atoms with Crippen molar-refractivity contribution < 1.29 is 5.11 Å². The van der Waals surface area contributed by atoms with Gasteiger partial charge in [0.25, 0.3) is 0 Å². The lowest BCUT2D eigenvalue weighted by molar-refractivity contribution is 0.152. The van der Waals surface area contributed by atoms with Gasteiger partial charge in [0.15, 0.2) is 0 Å². The Morgan fingerprint density at radius 2 is 1.62 bits per heavy atom. The molecule has 1 atom stereocenters. The van der Waals surface area contributed by atoms with Gasteiger partial charge in [-0.3, -0.25) is 0 Å². The van der Waals surface area contributed by atoms with Gasteiger partial charge in [-0.15, -0.1) is 0 Å². The largest absolute Gasteiger partial charge is 0.393 e. The zero-order valence-corrected chi connectivity index (χ0v) is 9.10. The summed E-state index contributed by atoms with van der Waals surface area (Å²) >= 11 is 0. The van der Waals surface area contributed by atoms with Crippen LogP contribution >= 0.6 is 0 Å². The first kappa shape index (κ1) is 13.0. The summed E-state index contributed by atoms with van der Waals surface area (Å²) in [7, 11) is 0. The van der Waals surface area contributed by atoms with Crippen molar-refractivity contribution in [2.24, 2.45) is 0 Å². The van der Waals surface area contributed by atoms with Gasteiger partial charge < -0.3 is 12.0 Å². The van der Waals surface area contributed by atoms with Crippen molar-refractivity contribution in [1.29, 1.82) is 0 Å². The average molecular weight is 185 g/mol. The molecule has 0 aliphatic rings. The lowest BCUT2D eigenvalue weighted by Gasteiger charge is -2.09. The van der Waals surface area contributed by atoms with Gasteiger partial charge in [-0.25, -0.2) is 0 Å². The molecule has 0 bridgehead atoms. The summed E-state index contributed by atoms with van der Waals surface area (Å²) in [4.78, 5) is 0. The quantitative estimate of drug-likeness (QED) is 0.429. The third-order valence-electron chi connectivity index (χ3n) is 2.43. The maximum Gasteiger partial charge on any atom is 0.0515 e. The average Bonchev–Trinajstić information content (AvgIpc) is 2.11. The maximum atomic E-state index is 9.41. The SMILES string of the molecule is [CH2-]CC[C@H](O)CCCCCCCC. The molecule has 13 heavy (non-hydrogen) atoms. The summed E-state index contributed by atoms with van der Waals surface area (Å²) in [6.45, 7) is 5.97. The number of aliphatic hydroxyl groups is 1. The van der Waals surface area contributed by atoms with Gasteiger partial charge in [0.2, 0.25) is 0 Å². The van der Waals surface area contributed by atoms with E-state index in [2.05, 4.69) is 13.8 Å². The molecule has 0 aromatic rings. The van der Waals surface area contributed by atoms with Crippen LogP contribution in [0, 0.1) is 6.92 Å². The highest BCUT2D eigenvalue weighted by molar-refractivity contribution is 4.57. The number of aliphatic hydroxyl groups excluding tert-OH is 1. The summed E-state index contributed by atoms with van der Waals surface area (Å²) in [6, 6.07) is 0. The first-order valence-electron chi connectivity index (χ1n) is 5.78. The van der Waals surface area contributed by atoms with Crippen LogP contribution in [0.1, 0.15) is 64.7 Å². The van der Waals surface area contributed by atoms with Crippen LogP contribution < -0.4 is 0 Å². The van der Waals surface area contributed by atoms with E-state index in [-0.39, 0.29) is 6.10 Å². The summed E-state index contributed by atoms with van der Waals surface area (Å²) in [6.07, 6.45) is 10.5. The second-order valence-corrected chi connectivity index (χ2v) is 3.85. The van der Waals surface area contributed by atoms with Crippen LogP contribution in [-0.4, -0.2) is 11.2 Å². The van der Waals surface area contributed by atoms with Crippen LogP contribution in [0.2, 0.25) is 0 Å². The molecule has 0 saturated carbocycles. The fourth-order valence-corrected chi connectivity index (χ4v) is 1.54. The van der Waals surface area contributed by atoms with Gasteiger partial charge in [-0.05, 0) is 6.42 Å². The van der Waals surface area contributed by atoms with Gasteiger partial charge in [-0.1, -0.05) is 51.9 Å². The molecule has 0 radical (unpaired) electrons. The van der Waals surface area contributed by atoms with Crippen LogP contribution in [0.5, 0.6) is 0 Å². The number of unbranched alkanes of at least 4 members (excludes halogenated alkanes) is 5. The summed E-state index contributed by atoms with van der Waals surface area (Å²) in [5.41, 5.74) is 0. The van der Waals surface area contributed by atoms with Crippen molar-refractivity contribution in [3.05, 3.63) is 6.92 Å². The minimum atomic E-state index is -0.0938. The van der Waals surface area contributed by atoms with E-state index in [9.17, 15) is 5.11 Å². The van der Waals surface area contributed by atoms with E-state index >= 15 is 0 Å². The molecule has 0 unspecified atom stereocenters. The Morgan fingerprint density at radius 1 is 1.00 bits per heavy atom. The van der Waals surface area contributed by atoms with Gasteiger partial charge in [0.05, 0.1) is 6.10 Å². The van der Waals surface area contributed by atoms with Gasteiger partial charge in [-0.2, -0.15) is 6.42 Å². The van der Waals surface area contributed by atoms with Gasteiger partial charge >= 0.3 is 0 Å². The molecule has 0 aromatic heterocycles. The van der Waals surface area contributed by atoms with Crippen LogP contribution in [0.25, 0.3) is 0 Å². The van der Waals surface area contributed by atoms with E-state index in [4.69, 9.17) is 0 Å². The minimum absolute atomic E-state index is 0.0938. The fraction of sp³-hybridized carbons (Fsp3) is 0.917. The fourth-order valence-electron chi connectivity index (χ4n) is 1.54. The summed E-state index contributed by atoms with van der Waals surface area (Å²) in [5.74, 6) is 0. The van der Waals surface area contributed by atoms with Crippen molar-refractivity contribution in [2.75, 3.05) is 0 Å². The number of rotatable bonds is 9. The standard InChI is InChI=1S/C12H25O/c1-3-5-6-7-8-9-11-12(13)10-4-2/h12-13H,2-11H2,1H3/q-1/t12-/m0/s1. The molecular weight excluding hydrogens is 160 g/mol. The summed E-state index contributed by atoms with van der Waals surface area (Å²) < 4.78 is 0. The zero-order valence-electron chi connectivity index (χ0n) is 9.10. The molecular formula is C12H25O-. The molecule has 80 valence electrons. The highest BCUT2D eigenvalue weighted by Crippen LogP contribution is 2.10. The molecule has 1 heteroatoms.